The van der Waals surface area contributed by atoms with E-state index in [4.69, 9.17) is 10.5 Å². The third-order valence-electron chi connectivity index (χ3n) is 6.86. The van der Waals surface area contributed by atoms with Crippen molar-refractivity contribution in [1.82, 2.24) is 25.8 Å². The molecule has 0 radical (unpaired) electrons. The zero-order valence-electron chi connectivity index (χ0n) is 24.3. The highest BCUT2D eigenvalue weighted by atomic mass is 16.6. The van der Waals surface area contributed by atoms with Gasteiger partial charge < -0.3 is 41.5 Å². The Labute approximate surface area is 241 Å². The van der Waals surface area contributed by atoms with Crippen molar-refractivity contribution in [1.29, 1.82) is 0 Å². The highest BCUT2D eigenvalue weighted by Crippen LogP contribution is 2.20. The Morgan fingerprint density at radius 3 is 2.41 bits per heavy atom. The molecule has 0 saturated carbocycles. The van der Waals surface area contributed by atoms with Crippen LogP contribution in [-0.4, -0.2) is 91.5 Å². The molecule has 0 aliphatic carbocycles. The van der Waals surface area contributed by atoms with Crippen LogP contribution in [0.4, 0.5) is 15.3 Å². The van der Waals surface area contributed by atoms with Gasteiger partial charge in [-0.1, -0.05) is 24.3 Å². The van der Waals surface area contributed by atoms with Crippen molar-refractivity contribution in [2.24, 2.45) is 5.73 Å². The number of urea groups is 1. The average molecular weight is 574 g/mol. The number of hydrogen-bond donors (Lipinski definition) is 5. The molecule has 1 fully saturated rings. The summed E-state index contributed by atoms with van der Waals surface area (Å²) in [5, 5.41) is 10.9. The van der Waals surface area contributed by atoms with E-state index in [2.05, 4.69) is 27.8 Å². The van der Waals surface area contributed by atoms with Crippen LogP contribution in [0, 0.1) is 0 Å². The Balaban J connectivity index is 1.96. The number of rotatable bonds is 14. The molecule has 3 atom stereocenters. The van der Waals surface area contributed by atoms with Crippen LogP contribution in [0.25, 0.3) is 0 Å². The molecule has 41 heavy (non-hydrogen) atoms. The van der Waals surface area contributed by atoms with Crippen molar-refractivity contribution in [2.75, 3.05) is 39.0 Å². The number of likely N-dealkylation sites (tertiary alicyclic amines) is 1. The van der Waals surface area contributed by atoms with Crippen LogP contribution in [0.5, 0.6) is 0 Å². The van der Waals surface area contributed by atoms with Crippen molar-refractivity contribution >= 4 is 35.5 Å². The van der Waals surface area contributed by atoms with Crippen LogP contribution in [0.15, 0.2) is 36.4 Å². The predicted octanol–water partition coefficient (Wildman–Crippen LogP) is 1.30. The van der Waals surface area contributed by atoms with Crippen molar-refractivity contribution in [2.45, 2.75) is 64.3 Å². The number of amides is 6. The summed E-state index contributed by atoms with van der Waals surface area (Å²) >= 11 is 0. The first-order valence-electron chi connectivity index (χ1n) is 13.6. The minimum absolute atomic E-state index is 0.0523. The number of carbonyl (C=O) groups is 5. The fourth-order valence-electron chi connectivity index (χ4n) is 4.50. The van der Waals surface area contributed by atoms with E-state index in [1.807, 2.05) is 0 Å². The highest BCUT2D eigenvalue weighted by Gasteiger charge is 2.31. The number of anilines is 1. The second kappa shape index (κ2) is 16.2. The van der Waals surface area contributed by atoms with E-state index >= 15 is 0 Å². The Kier molecular flexibility index (Phi) is 13.1. The molecule has 0 bridgehead atoms. The SMILES string of the molecule is C=C(C)[C@H](NC)C(=O)N[C@@H](CCCNC(N)=O)C(=O)Nc1ccc(COC(=O)N2CCC[C@H]2CN(C)C(C)=O)cc1. The Morgan fingerprint density at radius 2 is 1.83 bits per heavy atom. The Bertz CT molecular complexity index is 1090. The summed E-state index contributed by atoms with van der Waals surface area (Å²) in [5.74, 6) is -0.877. The number of carbonyl (C=O) groups excluding carboxylic acids is 5. The number of hydrogen-bond acceptors (Lipinski definition) is 7. The van der Waals surface area contributed by atoms with Gasteiger partial charge in [-0.05, 0) is 57.4 Å². The molecular weight excluding hydrogens is 530 g/mol. The van der Waals surface area contributed by atoms with Crippen molar-refractivity contribution in [3.05, 3.63) is 42.0 Å². The number of benzene rings is 1. The largest absolute Gasteiger partial charge is 0.445 e. The quantitative estimate of drug-likeness (QED) is 0.165. The fourth-order valence-corrected chi connectivity index (χ4v) is 4.50. The van der Waals surface area contributed by atoms with E-state index in [0.29, 0.717) is 30.8 Å². The number of nitrogens with zero attached hydrogens (tertiary/aromatic N) is 2. The molecule has 1 saturated heterocycles. The van der Waals surface area contributed by atoms with E-state index in [0.717, 1.165) is 18.4 Å². The van der Waals surface area contributed by atoms with Gasteiger partial charge in [0.1, 0.15) is 18.7 Å². The second-order valence-electron chi connectivity index (χ2n) is 10.2. The molecule has 6 N–H and O–H groups in total. The summed E-state index contributed by atoms with van der Waals surface area (Å²) in [6, 6.07) is 4.54. The average Bonchev–Trinajstić information content (AvgIpc) is 3.37. The van der Waals surface area contributed by atoms with E-state index in [9.17, 15) is 24.0 Å². The zero-order chi connectivity index (χ0) is 30.5. The Morgan fingerprint density at radius 1 is 1.15 bits per heavy atom. The van der Waals surface area contributed by atoms with Gasteiger partial charge in [0.15, 0.2) is 0 Å². The summed E-state index contributed by atoms with van der Waals surface area (Å²) in [4.78, 5) is 64.3. The van der Waals surface area contributed by atoms with Crippen LogP contribution in [0.2, 0.25) is 0 Å². The molecule has 1 heterocycles. The molecule has 1 aliphatic rings. The first kappa shape index (κ1) is 33.1. The molecule has 13 nitrogen and oxygen atoms in total. The second-order valence-corrected chi connectivity index (χ2v) is 10.2. The Hall–Kier alpha value is -4.13. The molecule has 0 spiro atoms. The van der Waals surface area contributed by atoms with Gasteiger partial charge in [-0.2, -0.15) is 0 Å². The third-order valence-corrected chi connectivity index (χ3v) is 6.86. The summed E-state index contributed by atoms with van der Waals surface area (Å²) in [6.07, 6.45) is 1.91. The molecular formula is C28H43N7O6. The molecule has 1 aromatic carbocycles. The van der Waals surface area contributed by atoms with Gasteiger partial charge in [0.05, 0.1) is 6.04 Å². The summed E-state index contributed by atoms with van der Waals surface area (Å²) in [7, 11) is 3.34. The molecule has 1 aromatic rings. The highest BCUT2D eigenvalue weighted by molar-refractivity contribution is 5.98. The molecule has 0 aromatic heterocycles. The zero-order valence-corrected chi connectivity index (χ0v) is 24.3. The minimum Gasteiger partial charge on any atom is -0.445 e. The molecule has 1 aliphatic heterocycles. The van der Waals surface area contributed by atoms with Gasteiger partial charge in [0.2, 0.25) is 17.7 Å². The lowest BCUT2D eigenvalue weighted by Gasteiger charge is -2.27. The number of likely N-dealkylation sites (N-methyl/N-ethyl adjacent to an activating group) is 2. The van der Waals surface area contributed by atoms with Gasteiger partial charge in [0.25, 0.3) is 0 Å². The number of nitrogens with one attached hydrogen (secondary N) is 4. The van der Waals surface area contributed by atoms with Crippen LogP contribution in [0.3, 0.4) is 0 Å². The summed E-state index contributed by atoms with van der Waals surface area (Å²) < 4.78 is 5.51. The van der Waals surface area contributed by atoms with Crippen LogP contribution < -0.4 is 27.0 Å². The topological polar surface area (TPSA) is 175 Å². The molecule has 13 heteroatoms. The monoisotopic (exact) mass is 573 g/mol. The first-order chi connectivity index (χ1) is 19.4. The van der Waals surface area contributed by atoms with E-state index in [1.54, 1.807) is 55.1 Å². The van der Waals surface area contributed by atoms with Gasteiger partial charge in [-0.3, -0.25) is 14.4 Å². The fraction of sp³-hybridized carbons (Fsp3) is 0.536. The predicted molar refractivity (Wildman–Crippen MR) is 155 cm³/mol. The number of nitrogens with two attached hydrogens (primary N) is 1. The van der Waals surface area contributed by atoms with E-state index in [-0.39, 0.29) is 31.5 Å². The summed E-state index contributed by atoms with van der Waals surface area (Å²) in [6.45, 7) is 8.36. The summed E-state index contributed by atoms with van der Waals surface area (Å²) in [5.41, 5.74) is 6.92. The third kappa shape index (κ3) is 10.7. The van der Waals surface area contributed by atoms with Gasteiger partial charge in [-0.25, -0.2) is 9.59 Å². The number of ether oxygens (including phenoxy) is 1. The number of primary amides is 1. The molecule has 0 unspecified atom stereocenters. The lowest BCUT2D eigenvalue weighted by molar-refractivity contribution is -0.128. The van der Waals surface area contributed by atoms with Crippen LogP contribution >= 0.6 is 0 Å². The van der Waals surface area contributed by atoms with Gasteiger partial charge in [0, 0.05) is 39.3 Å². The molecule has 6 amide bonds. The van der Waals surface area contributed by atoms with Crippen LogP contribution in [-0.2, 0) is 25.7 Å². The van der Waals surface area contributed by atoms with E-state index < -0.39 is 36.0 Å². The minimum atomic E-state index is -0.872. The first-order valence-corrected chi connectivity index (χ1v) is 13.6. The smallest absolute Gasteiger partial charge is 0.410 e. The van der Waals surface area contributed by atoms with Crippen LogP contribution in [0.1, 0.15) is 45.1 Å². The lowest BCUT2D eigenvalue weighted by atomic mass is 10.1. The van der Waals surface area contributed by atoms with E-state index in [1.165, 1.54) is 6.92 Å². The molecule has 226 valence electrons. The van der Waals surface area contributed by atoms with Gasteiger partial charge in [-0.15, -0.1) is 0 Å². The van der Waals surface area contributed by atoms with Gasteiger partial charge >= 0.3 is 12.1 Å². The maximum atomic E-state index is 13.1. The molecule has 2 rings (SSSR count). The normalized spacial score (nSPS) is 15.8. The van der Waals surface area contributed by atoms with Crippen molar-refractivity contribution in [3.8, 4) is 0 Å². The maximum absolute atomic E-state index is 13.1. The maximum Gasteiger partial charge on any atom is 0.410 e. The lowest BCUT2D eigenvalue weighted by Crippen LogP contribution is -2.51. The van der Waals surface area contributed by atoms with Crippen molar-refractivity contribution in [3.63, 3.8) is 0 Å². The standard InChI is InChI=1S/C28H43N7O6/c1-18(2)24(30-4)26(38)33-23(9-6-14-31-27(29)39)25(37)32-21-12-10-20(11-13-21)17-41-28(40)35-15-7-8-22(35)16-34(5)19(3)36/h10-13,22-24,30H,1,6-9,14-17H2,2-5H3,(H,32,37)(H,33,38)(H3,29,31,39)/t22-,23-,24-/m0/s1. The van der Waals surface area contributed by atoms with Crippen molar-refractivity contribution < 1.29 is 28.7 Å².